The van der Waals surface area contributed by atoms with Crippen LogP contribution in [0.1, 0.15) is 40.1 Å². The van der Waals surface area contributed by atoms with Crippen LogP contribution in [-0.2, 0) is 6.61 Å². The highest BCUT2D eigenvalue weighted by Gasteiger charge is 2.13. The third kappa shape index (κ3) is 5.42. The maximum atomic E-state index is 12.6. The van der Waals surface area contributed by atoms with E-state index in [1.165, 1.54) is 6.92 Å². The lowest BCUT2D eigenvalue weighted by Crippen LogP contribution is -2.13. The van der Waals surface area contributed by atoms with Gasteiger partial charge in [-0.05, 0) is 50.2 Å². The monoisotopic (exact) mass is 390 g/mol. The zero-order valence-corrected chi connectivity index (χ0v) is 16.3. The van der Waals surface area contributed by atoms with Gasteiger partial charge in [-0.2, -0.15) is 0 Å². The summed E-state index contributed by atoms with van der Waals surface area (Å²) in [6, 6.07) is 15.6. The first kappa shape index (κ1) is 20.1. The number of hydrogen-bond donors (Lipinski definition) is 1. The quantitative estimate of drug-likeness (QED) is 0.573. The molecule has 0 unspecified atom stereocenters. The number of amides is 1. The molecule has 0 spiro atoms. The van der Waals surface area contributed by atoms with Crippen molar-refractivity contribution in [3.05, 3.63) is 83.7 Å². The van der Waals surface area contributed by atoms with Gasteiger partial charge in [0.25, 0.3) is 5.91 Å². The summed E-state index contributed by atoms with van der Waals surface area (Å²) in [5, 5.41) is 2.80. The van der Waals surface area contributed by atoms with Crippen molar-refractivity contribution < 1.29 is 19.1 Å². The minimum atomic E-state index is -0.300. The molecule has 1 aromatic heterocycles. The Morgan fingerprint density at radius 1 is 0.966 bits per heavy atom. The summed E-state index contributed by atoms with van der Waals surface area (Å²) in [5.74, 6) is 0.674. The summed E-state index contributed by atoms with van der Waals surface area (Å²) in [5.41, 5.74) is 2.45. The number of rotatable bonds is 8. The van der Waals surface area contributed by atoms with Gasteiger partial charge in [-0.15, -0.1) is 0 Å². The smallest absolute Gasteiger partial charge is 0.255 e. The van der Waals surface area contributed by atoms with E-state index >= 15 is 0 Å². The topological polar surface area (TPSA) is 77.5 Å². The van der Waals surface area contributed by atoms with Gasteiger partial charge in [0.15, 0.2) is 17.3 Å². The van der Waals surface area contributed by atoms with Crippen molar-refractivity contribution in [3.8, 4) is 11.5 Å². The predicted molar refractivity (Wildman–Crippen MR) is 111 cm³/mol. The van der Waals surface area contributed by atoms with Crippen LogP contribution in [0, 0.1) is 0 Å². The van der Waals surface area contributed by atoms with Crippen molar-refractivity contribution in [2.45, 2.75) is 20.5 Å². The Bertz CT molecular complexity index is 1000. The molecule has 29 heavy (non-hydrogen) atoms. The van der Waals surface area contributed by atoms with Crippen LogP contribution in [0.15, 0.2) is 67.0 Å². The zero-order chi connectivity index (χ0) is 20.6. The summed E-state index contributed by atoms with van der Waals surface area (Å²) >= 11 is 0. The standard InChI is InChI=1S/C23H22N2O4/c1-3-28-22-13-19(9-10-21(22)29-15-17-6-5-11-24-14-17)23(27)25-20-8-4-7-18(12-20)16(2)26/h4-14H,3,15H2,1-2H3,(H,25,27). The number of nitrogens with one attached hydrogen (secondary N) is 1. The average molecular weight is 390 g/mol. The van der Waals surface area contributed by atoms with E-state index in [-0.39, 0.29) is 11.7 Å². The predicted octanol–water partition coefficient (Wildman–Crippen LogP) is 4.51. The summed E-state index contributed by atoms with van der Waals surface area (Å²) < 4.78 is 11.5. The molecule has 1 N–H and O–H groups in total. The lowest BCUT2D eigenvalue weighted by molar-refractivity contribution is 0.101. The molecule has 1 heterocycles. The van der Waals surface area contributed by atoms with Crippen LogP contribution in [0.4, 0.5) is 5.69 Å². The van der Waals surface area contributed by atoms with Crippen LogP contribution < -0.4 is 14.8 Å². The van der Waals surface area contributed by atoms with Crippen molar-refractivity contribution >= 4 is 17.4 Å². The van der Waals surface area contributed by atoms with Crippen molar-refractivity contribution in [1.29, 1.82) is 0 Å². The van der Waals surface area contributed by atoms with E-state index in [2.05, 4.69) is 10.3 Å². The maximum Gasteiger partial charge on any atom is 0.255 e. The van der Waals surface area contributed by atoms with Crippen LogP contribution in [0.25, 0.3) is 0 Å². The molecule has 0 aliphatic heterocycles. The van der Waals surface area contributed by atoms with Gasteiger partial charge in [-0.1, -0.05) is 18.2 Å². The van der Waals surface area contributed by atoms with Gasteiger partial charge in [0, 0.05) is 34.8 Å². The SMILES string of the molecule is CCOc1cc(C(=O)Nc2cccc(C(C)=O)c2)ccc1OCc1cccnc1. The van der Waals surface area contributed by atoms with Crippen LogP contribution in [0.5, 0.6) is 11.5 Å². The molecule has 0 bridgehead atoms. The molecule has 0 fully saturated rings. The third-order valence-corrected chi connectivity index (χ3v) is 4.15. The van der Waals surface area contributed by atoms with Crippen LogP contribution >= 0.6 is 0 Å². The molecule has 0 saturated carbocycles. The van der Waals surface area contributed by atoms with Crippen LogP contribution in [-0.4, -0.2) is 23.3 Å². The van der Waals surface area contributed by atoms with E-state index in [0.29, 0.717) is 41.5 Å². The van der Waals surface area contributed by atoms with Gasteiger partial charge in [-0.3, -0.25) is 14.6 Å². The fourth-order valence-corrected chi connectivity index (χ4v) is 2.70. The highest BCUT2D eigenvalue weighted by Crippen LogP contribution is 2.29. The van der Waals surface area contributed by atoms with E-state index in [0.717, 1.165) is 5.56 Å². The van der Waals surface area contributed by atoms with E-state index in [4.69, 9.17) is 9.47 Å². The summed E-state index contributed by atoms with van der Waals surface area (Å²) in [4.78, 5) is 28.2. The van der Waals surface area contributed by atoms with Crippen molar-refractivity contribution in [1.82, 2.24) is 4.98 Å². The molecule has 6 nitrogen and oxygen atoms in total. The number of carbonyl (C=O) groups is 2. The van der Waals surface area contributed by atoms with E-state index in [1.54, 1.807) is 54.9 Å². The first-order valence-electron chi connectivity index (χ1n) is 9.27. The molecule has 148 valence electrons. The second kappa shape index (κ2) is 9.50. The largest absolute Gasteiger partial charge is 0.490 e. The molecule has 3 aromatic rings. The number of hydrogen-bond acceptors (Lipinski definition) is 5. The molecule has 2 aromatic carbocycles. The summed E-state index contributed by atoms with van der Waals surface area (Å²) in [6.07, 6.45) is 3.44. The number of pyridine rings is 1. The molecule has 6 heteroatoms. The molecule has 0 radical (unpaired) electrons. The third-order valence-electron chi connectivity index (χ3n) is 4.15. The number of Topliss-reactive ketones (excluding diaryl/α,β-unsaturated/α-hetero) is 1. The second-order valence-electron chi connectivity index (χ2n) is 6.34. The van der Waals surface area contributed by atoms with Gasteiger partial charge >= 0.3 is 0 Å². The number of carbonyl (C=O) groups excluding carboxylic acids is 2. The van der Waals surface area contributed by atoms with Gasteiger partial charge in [-0.25, -0.2) is 0 Å². The van der Waals surface area contributed by atoms with Gasteiger partial charge in [0.2, 0.25) is 0 Å². The second-order valence-corrected chi connectivity index (χ2v) is 6.34. The lowest BCUT2D eigenvalue weighted by Gasteiger charge is -2.13. The number of ether oxygens (including phenoxy) is 2. The van der Waals surface area contributed by atoms with Gasteiger partial charge in [0.1, 0.15) is 6.61 Å². The number of anilines is 1. The molecular weight excluding hydrogens is 368 g/mol. The molecule has 0 saturated heterocycles. The highest BCUT2D eigenvalue weighted by molar-refractivity contribution is 6.05. The first-order valence-corrected chi connectivity index (χ1v) is 9.27. The average Bonchev–Trinajstić information content (AvgIpc) is 2.74. The van der Waals surface area contributed by atoms with Crippen molar-refractivity contribution in [2.75, 3.05) is 11.9 Å². The van der Waals surface area contributed by atoms with Crippen molar-refractivity contribution in [2.24, 2.45) is 0 Å². The summed E-state index contributed by atoms with van der Waals surface area (Å²) in [6.45, 7) is 4.14. The number of aromatic nitrogens is 1. The van der Waals surface area contributed by atoms with Gasteiger partial charge < -0.3 is 14.8 Å². The Kier molecular flexibility index (Phi) is 6.58. The Balaban J connectivity index is 1.75. The number of nitrogens with zero attached hydrogens (tertiary/aromatic N) is 1. The van der Waals surface area contributed by atoms with E-state index < -0.39 is 0 Å². The van der Waals surface area contributed by atoms with Crippen LogP contribution in [0.3, 0.4) is 0 Å². The Hall–Kier alpha value is -3.67. The fraction of sp³-hybridized carbons (Fsp3) is 0.174. The minimum Gasteiger partial charge on any atom is -0.490 e. The first-order chi connectivity index (χ1) is 14.1. The number of benzene rings is 2. The van der Waals surface area contributed by atoms with Gasteiger partial charge in [0.05, 0.1) is 6.61 Å². The Labute approximate surface area is 169 Å². The molecule has 0 aliphatic carbocycles. The van der Waals surface area contributed by atoms with Crippen LogP contribution in [0.2, 0.25) is 0 Å². The maximum absolute atomic E-state index is 12.6. The van der Waals surface area contributed by atoms with Crippen molar-refractivity contribution in [3.63, 3.8) is 0 Å². The minimum absolute atomic E-state index is 0.0603. The lowest BCUT2D eigenvalue weighted by atomic mass is 10.1. The van der Waals surface area contributed by atoms with E-state index in [9.17, 15) is 9.59 Å². The molecular formula is C23H22N2O4. The van der Waals surface area contributed by atoms with E-state index in [1.807, 2.05) is 19.1 Å². The fourth-order valence-electron chi connectivity index (χ4n) is 2.70. The number of ketones is 1. The normalized spacial score (nSPS) is 10.3. The highest BCUT2D eigenvalue weighted by atomic mass is 16.5. The molecule has 0 atom stereocenters. The molecule has 3 rings (SSSR count). The molecule has 0 aliphatic rings. The Morgan fingerprint density at radius 2 is 1.83 bits per heavy atom. The summed E-state index contributed by atoms with van der Waals surface area (Å²) in [7, 11) is 0. The Morgan fingerprint density at radius 3 is 2.55 bits per heavy atom. The zero-order valence-electron chi connectivity index (χ0n) is 16.3. The molecule has 1 amide bonds.